The average Bonchev–Trinajstić information content (AvgIpc) is 2.49. The van der Waals surface area contributed by atoms with Crippen molar-refractivity contribution in [1.29, 1.82) is 0 Å². The summed E-state index contributed by atoms with van der Waals surface area (Å²) in [6.45, 7) is 1.84. The maximum atomic E-state index is 5.57. The standard InChI is InChI=1S/C7H5Cl2N5O/c1-3-2-4(14-13-3)15-7-11-5(8)10-6(9)12-7/h2H,1H3,(H,13,14). The number of rotatable bonds is 2. The van der Waals surface area contributed by atoms with Gasteiger partial charge in [0.25, 0.3) is 0 Å². The lowest BCUT2D eigenvalue weighted by molar-refractivity contribution is 0.422. The fourth-order valence-electron chi connectivity index (χ4n) is 0.893. The molecule has 2 aromatic rings. The SMILES string of the molecule is Cc1cc(Oc2nc(Cl)nc(Cl)n2)n[nH]1. The maximum absolute atomic E-state index is 5.57. The van der Waals surface area contributed by atoms with E-state index in [4.69, 9.17) is 27.9 Å². The van der Waals surface area contributed by atoms with Crippen LogP contribution in [0.4, 0.5) is 0 Å². The first-order valence-corrected chi connectivity index (χ1v) is 4.66. The Bertz CT molecular complexity index is 466. The molecule has 0 spiro atoms. The molecule has 0 unspecified atom stereocenters. The lowest BCUT2D eigenvalue weighted by Crippen LogP contribution is -1.95. The number of hydrogen-bond acceptors (Lipinski definition) is 5. The van der Waals surface area contributed by atoms with Crippen molar-refractivity contribution >= 4 is 23.2 Å². The van der Waals surface area contributed by atoms with Crippen molar-refractivity contribution in [3.8, 4) is 11.9 Å². The van der Waals surface area contributed by atoms with Gasteiger partial charge in [-0.25, -0.2) is 0 Å². The van der Waals surface area contributed by atoms with Crippen LogP contribution < -0.4 is 4.74 Å². The number of aromatic nitrogens is 5. The van der Waals surface area contributed by atoms with Gasteiger partial charge in [-0.3, -0.25) is 5.10 Å². The minimum atomic E-state index is -0.0303. The molecule has 2 aromatic heterocycles. The number of hydrogen-bond donors (Lipinski definition) is 1. The average molecular weight is 246 g/mol. The highest BCUT2D eigenvalue weighted by atomic mass is 35.5. The number of nitrogens with zero attached hydrogens (tertiary/aromatic N) is 4. The predicted molar refractivity (Wildman–Crippen MR) is 53.2 cm³/mol. The van der Waals surface area contributed by atoms with Gasteiger partial charge in [-0.1, -0.05) is 0 Å². The van der Waals surface area contributed by atoms with Crippen molar-refractivity contribution in [1.82, 2.24) is 25.1 Å². The lowest BCUT2D eigenvalue weighted by atomic mass is 10.5. The Morgan fingerprint density at radius 1 is 1.20 bits per heavy atom. The van der Waals surface area contributed by atoms with E-state index in [1.54, 1.807) is 6.07 Å². The summed E-state index contributed by atoms with van der Waals surface area (Å²) >= 11 is 11.1. The summed E-state index contributed by atoms with van der Waals surface area (Å²) in [6.07, 6.45) is 0. The third-order valence-electron chi connectivity index (χ3n) is 1.44. The van der Waals surface area contributed by atoms with Gasteiger partial charge in [0.05, 0.1) is 0 Å². The van der Waals surface area contributed by atoms with Crippen LogP contribution in [0.15, 0.2) is 6.07 Å². The van der Waals surface area contributed by atoms with E-state index in [0.29, 0.717) is 5.88 Å². The van der Waals surface area contributed by atoms with Crippen LogP contribution in [-0.4, -0.2) is 25.1 Å². The monoisotopic (exact) mass is 245 g/mol. The van der Waals surface area contributed by atoms with E-state index < -0.39 is 0 Å². The number of ether oxygens (including phenoxy) is 1. The zero-order valence-electron chi connectivity index (χ0n) is 7.53. The van der Waals surface area contributed by atoms with Crippen LogP contribution in [0.3, 0.4) is 0 Å². The van der Waals surface area contributed by atoms with E-state index in [2.05, 4.69) is 25.1 Å². The van der Waals surface area contributed by atoms with Gasteiger partial charge in [-0.05, 0) is 30.1 Å². The minimum absolute atomic E-state index is 0.00602. The Morgan fingerprint density at radius 3 is 2.40 bits per heavy atom. The molecule has 0 aliphatic carbocycles. The van der Waals surface area contributed by atoms with Gasteiger partial charge in [0, 0.05) is 11.8 Å². The van der Waals surface area contributed by atoms with E-state index in [0.717, 1.165) is 5.69 Å². The van der Waals surface area contributed by atoms with Crippen LogP contribution in [0.25, 0.3) is 0 Å². The molecule has 15 heavy (non-hydrogen) atoms. The van der Waals surface area contributed by atoms with E-state index >= 15 is 0 Å². The van der Waals surface area contributed by atoms with E-state index in [9.17, 15) is 0 Å². The van der Waals surface area contributed by atoms with Crippen molar-refractivity contribution in [2.45, 2.75) is 6.92 Å². The molecule has 0 amide bonds. The number of aryl methyl sites for hydroxylation is 1. The first kappa shape index (κ1) is 10.1. The summed E-state index contributed by atoms with van der Waals surface area (Å²) in [7, 11) is 0. The number of nitrogens with one attached hydrogen (secondary N) is 1. The van der Waals surface area contributed by atoms with Gasteiger partial charge in [-0.15, -0.1) is 5.10 Å². The van der Waals surface area contributed by atoms with Gasteiger partial charge in [0.1, 0.15) is 0 Å². The minimum Gasteiger partial charge on any atom is -0.403 e. The van der Waals surface area contributed by atoms with E-state index in [1.807, 2.05) is 6.92 Å². The van der Waals surface area contributed by atoms with Crippen molar-refractivity contribution in [3.63, 3.8) is 0 Å². The van der Waals surface area contributed by atoms with Crippen LogP contribution in [-0.2, 0) is 0 Å². The predicted octanol–water partition coefficient (Wildman–Crippen LogP) is 2.00. The zero-order chi connectivity index (χ0) is 10.8. The smallest absolute Gasteiger partial charge is 0.329 e. The number of halogens is 2. The first-order chi connectivity index (χ1) is 7.13. The molecular formula is C7H5Cl2N5O. The second-order valence-corrected chi connectivity index (χ2v) is 3.32. The zero-order valence-corrected chi connectivity index (χ0v) is 9.04. The third kappa shape index (κ3) is 2.54. The molecule has 8 heteroatoms. The molecule has 6 nitrogen and oxygen atoms in total. The van der Waals surface area contributed by atoms with Gasteiger partial charge < -0.3 is 4.74 Å². The molecule has 0 atom stereocenters. The van der Waals surface area contributed by atoms with Crippen LogP contribution in [0.1, 0.15) is 5.69 Å². The van der Waals surface area contributed by atoms with Crippen LogP contribution in [0.5, 0.6) is 11.9 Å². The molecule has 0 radical (unpaired) electrons. The van der Waals surface area contributed by atoms with Gasteiger partial charge in [0.15, 0.2) is 0 Å². The van der Waals surface area contributed by atoms with Crippen LogP contribution in [0, 0.1) is 6.92 Å². The highest BCUT2D eigenvalue weighted by Gasteiger charge is 2.07. The second-order valence-electron chi connectivity index (χ2n) is 2.65. The Morgan fingerprint density at radius 2 is 1.87 bits per heavy atom. The fraction of sp³-hybridized carbons (Fsp3) is 0.143. The van der Waals surface area contributed by atoms with Crippen molar-refractivity contribution in [2.75, 3.05) is 0 Å². The first-order valence-electron chi connectivity index (χ1n) is 3.90. The van der Waals surface area contributed by atoms with Gasteiger partial charge in [-0.2, -0.15) is 15.0 Å². The summed E-state index contributed by atoms with van der Waals surface area (Å²) in [6, 6.07) is 1.69. The fourth-order valence-corrected chi connectivity index (χ4v) is 1.24. The molecule has 0 aromatic carbocycles. The van der Waals surface area contributed by atoms with Crippen LogP contribution in [0.2, 0.25) is 10.6 Å². The number of aromatic amines is 1. The summed E-state index contributed by atoms with van der Waals surface area (Å²) in [5, 5.41) is 6.48. The highest BCUT2D eigenvalue weighted by Crippen LogP contribution is 2.18. The molecule has 0 bridgehead atoms. The molecular weight excluding hydrogens is 241 g/mol. The molecule has 0 saturated carbocycles. The molecule has 0 fully saturated rings. The van der Waals surface area contributed by atoms with E-state index in [1.165, 1.54) is 0 Å². The summed E-state index contributed by atoms with van der Waals surface area (Å²) in [5.41, 5.74) is 0.858. The van der Waals surface area contributed by atoms with Crippen molar-refractivity contribution < 1.29 is 4.74 Å². The maximum Gasteiger partial charge on any atom is 0.329 e. The normalized spacial score (nSPS) is 10.3. The van der Waals surface area contributed by atoms with Gasteiger partial charge >= 0.3 is 6.01 Å². The lowest BCUT2D eigenvalue weighted by Gasteiger charge is -1.99. The van der Waals surface area contributed by atoms with E-state index in [-0.39, 0.29) is 16.6 Å². The molecule has 1 N–H and O–H groups in total. The third-order valence-corrected chi connectivity index (χ3v) is 1.78. The Hall–Kier alpha value is -1.40. The molecule has 2 heterocycles. The van der Waals surface area contributed by atoms with Crippen LogP contribution >= 0.6 is 23.2 Å². The molecule has 0 saturated heterocycles. The Labute approximate surface area is 94.6 Å². The second kappa shape index (κ2) is 4.00. The highest BCUT2D eigenvalue weighted by molar-refractivity contribution is 6.31. The molecule has 0 aliphatic rings. The Kier molecular flexibility index (Phi) is 2.70. The molecule has 2 rings (SSSR count). The number of H-pyrrole nitrogens is 1. The largest absolute Gasteiger partial charge is 0.403 e. The van der Waals surface area contributed by atoms with Gasteiger partial charge in [0.2, 0.25) is 16.4 Å². The molecule has 0 aliphatic heterocycles. The quantitative estimate of drug-likeness (QED) is 0.876. The summed E-state index contributed by atoms with van der Waals surface area (Å²) < 4.78 is 5.19. The summed E-state index contributed by atoms with van der Waals surface area (Å²) in [4.78, 5) is 11.0. The van der Waals surface area contributed by atoms with Crippen molar-refractivity contribution in [2.24, 2.45) is 0 Å². The molecule has 78 valence electrons. The topological polar surface area (TPSA) is 76.6 Å². The van der Waals surface area contributed by atoms with Crippen molar-refractivity contribution in [3.05, 3.63) is 22.3 Å². The summed E-state index contributed by atoms with van der Waals surface area (Å²) in [5.74, 6) is 0.339. The Balaban J connectivity index is 2.24.